The number of nitrogens with two attached hydrogens (primary N) is 1. The summed E-state index contributed by atoms with van der Waals surface area (Å²) in [6, 6.07) is 0.691. The molecule has 4 unspecified atom stereocenters. The Kier molecular flexibility index (Phi) is 8.02. The highest BCUT2D eigenvalue weighted by Crippen LogP contribution is 2.12. The standard InChI is InChI=1S/C12H28N2O/c1-5-6-9(2)12(7-13)14-11(4)10(3)8-15/h9-12,14-15H,5-8,13H2,1-4H3. The molecule has 0 saturated carbocycles. The molecule has 4 N–H and O–H groups in total. The minimum Gasteiger partial charge on any atom is -0.396 e. The van der Waals surface area contributed by atoms with Gasteiger partial charge in [-0.2, -0.15) is 0 Å². The van der Waals surface area contributed by atoms with Crippen LogP contribution in [0.3, 0.4) is 0 Å². The van der Waals surface area contributed by atoms with Gasteiger partial charge in [0.1, 0.15) is 0 Å². The minimum atomic E-state index is 0.230. The smallest absolute Gasteiger partial charge is 0.0471 e. The van der Waals surface area contributed by atoms with Crippen LogP contribution in [0.5, 0.6) is 0 Å². The van der Waals surface area contributed by atoms with Crippen LogP contribution in [-0.2, 0) is 0 Å². The molecule has 0 aliphatic heterocycles. The van der Waals surface area contributed by atoms with Crippen molar-refractivity contribution in [3.05, 3.63) is 0 Å². The van der Waals surface area contributed by atoms with Crippen molar-refractivity contribution in [3.8, 4) is 0 Å². The van der Waals surface area contributed by atoms with E-state index in [4.69, 9.17) is 10.8 Å². The molecule has 3 heteroatoms. The highest BCUT2D eigenvalue weighted by molar-refractivity contribution is 4.79. The third-order valence-corrected chi connectivity index (χ3v) is 3.30. The van der Waals surface area contributed by atoms with Crippen LogP contribution in [0, 0.1) is 11.8 Å². The first-order valence-electron chi connectivity index (χ1n) is 6.13. The van der Waals surface area contributed by atoms with Crippen LogP contribution in [0.4, 0.5) is 0 Å². The highest BCUT2D eigenvalue weighted by atomic mass is 16.3. The fourth-order valence-electron chi connectivity index (χ4n) is 1.78. The quantitative estimate of drug-likeness (QED) is 0.574. The van der Waals surface area contributed by atoms with Gasteiger partial charge in [0, 0.05) is 25.2 Å². The van der Waals surface area contributed by atoms with Crippen LogP contribution >= 0.6 is 0 Å². The molecule has 0 aliphatic rings. The molecule has 0 aliphatic carbocycles. The molecule has 0 saturated heterocycles. The van der Waals surface area contributed by atoms with Gasteiger partial charge in [-0.1, -0.05) is 27.2 Å². The Morgan fingerprint density at radius 1 is 1.20 bits per heavy atom. The molecule has 0 aromatic carbocycles. The van der Waals surface area contributed by atoms with Crippen LogP contribution < -0.4 is 11.1 Å². The van der Waals surface area contributed by atoms with Gasteiger partial charge in [0.15, 0.2) is 0 Å². The topological polar surface area (TPSA) is 58.3 Å². The molecule has 15 heavy (non-hydrogen) atoms. The van der Waals surface area contributed by atoms with Gasteiger partial charge in [0.25, 0.3) is 0 Å². The average Bonchev–Trinajstić information content (AvgIpc) is 2.24. The lowest BCUT2D eigenvalue weighted by Gasteiger charge is -2.29. The second-order valence-corrected chi connectivity index (χ2v) is 4.72. The molecule has 4 atom stereocenters. The first kappa shape index (κ1) is 14.9. The van der Waals surface area contributed by atoms with Crippen LogP contribution in [-0.4, -0.2) is 30.3 Å². The van der Waals surface area contributed by atoms with E-state index in [-0.39, 0.29) is 12.5 Å². The Labute approximate surface area is 94.4 Å². The molecule has 0 fully saturated rings. The van der Waals surface area contributed by atoms with Crippen molar-refractivity contribution in [1.29, 1.82) is 0 Å². The summed E-state index contributed by atoms with van der Waals surface area (Å²) < 4.78 is 0. The van der Waals surface area contributed by atoms with Gasteiger partial charge in [0.05, 0.1) is 0 Å². The minimum absolute atomic E-state index is 0.230. The lowest BCUT2D eigenvalue weighted by Crippen LogP contribution is -2.48. The maximum absolute atomic E-state index is 9.06. The average molecular weight is 216 g/mol. The number of hydrogen-bond donors (Lipinski definition) is 3. The maximum atomic E-state index is 9.06. The van der Waals surface area contributed by atoms with Crippen LogP contribution in [0.2, 0.25) is 0 Å². The monoisotopic (exact) mass is 216 g/mol. The SMILES string of the molecule is CCCC(C)C(CN)NC(C)C(C)CO. The fourth-order valence-corrected chi connectivity index (χ4v) is 1.78. The van der Waals surface area contributed by atoms with E-state index < -0.39 is 0 Å². The third kappa shape index (κ3) is 5.50. The number of nitrogens with one attached hydrogen (secondary N) is 1. The largest absolute Gasteiger partial charge is 0.396 e. The van der Waals surface area contributed by atoms with Crippen molar-refractivity contribution in [2.45, 2.75) is 52.6 Å². The fraction of sp³-hybridized carbons (Fsp3) is 1.00. The molecule has 92 valence electrons. The number of hydrogen-bond acceptors (Lipinski definition) is 3. The van der Waals surface area contributed by atoms with E-state index in [9.17, 15) is 0 Å². The summed E-state index contributed by atoms with van der Waals surface area (Å²) >= 11 is 0. The van der Waals surface area contributed by atoms with E-state index in [2.05, 4.69) is 33.0 Å². The Morgan fingerprint density at radius 3 is 2.20 bits per heavy atom. The predicted molar refractivity (Wildman–Crippen MR) is 65.8 cm³/mol. The van der Waals surface area contributed by atoms with E-state index in [0.29, 0.717) is 24.5 Å². The molecule has 0 aromatic rings. The van der Waals surface area contributed by atoms with Crippen molar-refractivity contribution in [3.63, 3.8) is 0 Å². The number of aliphatic hydroxyl groups excluding tert-OH is 1. The van der Waals surface area contributed by atoms with Crippen LogP contribution in [0.15, 0.2) is 0 Å². The molecule has 0 radical (unpaired) electrons. The Balaban J connectivity index is 4.07. The van der Waals surface area contributed by atoms with Gasteiger partial charge in [-0.25, -0.2) is 0 Å². The zero-order chi connectivity index (χ0) is 11.8. The second kappa shape index (κ2) is 8.08. The summed E-state index contributed by atoms with van der Waals surface area (Å²) in [5, 5.41) is 12.6. The first-order chi connectivity index (χ1) is 7.06. The van der Waals surface area contributed by atoms with Gasteiger partial charge in [-0.3, -0.25) is 0 Å². The molecule has 0 aromatic heterocycles. The molecule has 0 bridgehead atoms. The number of aliphatic hydroxyl groups is 1. The molecule has 0 spiro atoms. The first-order valence-corrected chi connectivity index (χ1v) is 6.13. The summed E-state index contributed by atoms with van der Waals surface area (Å²) in [7, 11) is 0. The van der Waals surface area contributed by atoms with Crippen molar-refractivity contribution >= 4 is 0 Å². The third-order valence-electron chi connectivity index (χ3n) is 3.30. The van der Waals surface area contributed by atoms with E-state index in [1.165, 1.54) is 12.8 Å². The van der Waals surface area contributed by atoms with Crippen molar-refractivity contribution in [1.82, 2.24) is 5.32 Å². The number of rotatable bonds is 8. The lowest BCUT2D eigenvalue weighted by molar-refractivity contribution is 0.192. The van der Waals surface area contributed by atoms with Gasteiger partial charge < -0.3 is 16.2 Å². The van der Waals surface area contributed by atoms with Crippen LogP contribution in [0.25, 0.3) is 0 Å². The second-order valence-electron chi connectivity index (χ2n) is 4.72. The van der Waals surface area contributed by atoms with E-state index in [1.807, 2.05) is 0 Å². The van der Waals surface area contributed by atoms with Gasteiger partial charge in [-0.05, 0) is 25.2 Å². The molecular formula is C12H28N2O. The van der Waals surface area contributed by atoms with Crippen molar-refractivity contribution in [2.24, 2.45) is 17.6 Å². The van der Waals surface area contributed by atoms with Gasteiger partial charge in [-0.15, -0.1) is 0 Å². The highest BCUT2D eigenvalue weighted by Gasteiger charge is 2.19. The van der Waals surface area contributed by atoms with E-state index in [1.54, 1.807) is 0 Å². The van der Waals surface area contributed by atoms with E-state index >= 15 is 0 Å². The predicted octanol–water partition coefficient (Wildman–Crippen LogP) is 1.36. The van der Waals surface area contributed by atoms with Crippen LogP contribution in [0.1, 0.15) is 40.5 Å². The van der Waals surface area contributed by atoms with Gasteiger partial charge >= 0.3 is 0 Å². The molecule has 0 heterocycles. The zero-order valence-electron chi connectivity index (χ0n) is 10.7. The summed E-state index contributed by atoms with van der Waals surface area (Å²) in [5.41, 5.74) is 5.77. The van der Waals surface area contributed by atoms with E-state index in [0.717, 1.165) is 0 Å². The maximum Gasteiger partial charge on any atom is 0.0471 e. The molecule has 0 amide bonds. The summed E-state index contributed by atoms with van der Waals surface area (Å²) in [6.07, 6.45) is 2.40. The Hall–Kier alpha value is -0.120. The van der Waals surface area contributed by atoms with Crippen molar-refractivity contribution in [2.75, 3.05) is 13.2 Å². The summed E-state index contributed by atoms with van der Waals surface area (Å²) in [6.45, 7) is 9.50. The Bertz CT molecular complexity index is 153. The zero-order valence-corrected chi connectivity index (χ0v) is 10.7. The van der Waals surface area contributed by atoms with Crippen molar-refractivity contribution < 1.29 is 5.11 Å². The Morgan fingerprint density at radius 2 is 1.80 bits per heavy atom. The molecule has 0 rings (SSSR count). The summed E-state index contributed by atoms with van der Waals surface area (Å²) in [4.78, 5) is 0. The summed E-state index contributed by atoms with van der Waals surface area (Å²) in [5.74, 6) is 0.890. The molecular weight excluding hydrogens is 188 g/mol. The normalized spacial score (nSPS) is 19.6. The van der Waals surface area contributed by atoms with Gasteiger partial charge in [0.2, 0.25) is 0 Å². The lowest BCUT2D eigenvalue weighted by atomic mass is 9.94. The molecule has 3 nitrogen and oxygen atoms in total.